The molecule has 0 N–H and O–H groups in total. The molecule has 1 aliphatic carbocycles. The van der Waals surface area contributed by atoms with Gasteiger partial charge in [0.25, 0.3) is 0 Å². The van der Waals surface area contributed by atoms with Crippen LogP contribution in [0.15, 0.2) is 30.3 Å². The van der Waals surface area contributed by atoms with Gasteiger partial charge in [0.1, 0.15) is 0 Å². The highest BCUT2D eigenvalue weighted by Gasteiger charge is 2.53. The molecule has 1 aromatic carbocycles. The van der Waals surface area contributed by atoms with Gasteiger partial charge in [-0.05, 0) is 56.6 Å². The molecule has 3 heteroatoms. The Morgan fingerprint density at radius 3 is 2.30 bits per heavy atom. The van der Waals surface area contributed by atoms with E-state index in [2.05, 4.69) is 65.0 Å². The van der Waals surface area contributed by atoms with Crippen LogP contribution >= 0.6 is 0 Å². The molecule has 1 fully saturated rings. The van der Waals surface area contributed by atoms with Crippen LogP contribution in [0.3, 0.4) is 0 Å². The van der Waals surface area contributed by atoms with Gasteiger partial charge in [0.15, 0.2) is 0 Å². The van der Waals surface area contributed by atoms with E-state index in [0.717, 1.165) is 6.42 Å². The molecule has 3 rings (SSSR count). The summed E-state index contributed by atoms with van der Waals surface area (Å²) >= 11 is 0. The molecule has 1 saturated heterocycles. The monoisotopic (exact) mass is 270 g/mol. The highest BCUT2D eigenvalue weighted by Crippen LogP contribution is 2.43. The summed E-state index contributed by atoms with van der Waals surface area (Å²) in [7, 11) is -0.256. The number of benzene rings is 1. The van der Waals surface area contributed by atoms with Crippen molar-refractivity contribution in [2.24, 2.45) is 0 Å². The summed E-state index contributed by atoms with van der Waals surface area (Å²) in [6.07, 6.45) is 3.34. The lowest BCUT2D eigenvalue weighted by Gasteiger charge is -2.32. The molecule has 0 aromatic heterocycles. The second-order valence-electron chi connectivity index (χ2n) is 6.97. The minimum atomic E-state index is -0.281. The minimum absolute atomic E-state index is 0.256. The van der Waals surface area contributed by atoms with Crippen LogP contribution < -0.4 is 0 Å². The molecular weight excluding hydrogens is 247 g/mol. The van der Waals surface area contributed by atoms with Gasteiger partial charge in [0, 0.05) is 0 Å². The van der Waals surface area contributed by atoms with E-state index in [0.29, 0.717) is 5.92 Å². The van der Waals surface area contributed by atoms with E-state index in [9.17, 15) is 0 Å². The van der Waals surface area contributed by atoms with Crippen LogP contribution in [0.4, 0.5) is 0 Å². The second kappa shape index (κ2) is 4.47. The Bertz CT molecular complexity index is 544. The van der Waals surface area contributed by atoms with Crippen molar-refractivity contribution < 1.29 is 9.31 Å². The standard InChI is InChI=1S/C17H23BO2/c1-12-10-11-15(14-9-7-6-8-13(12)14)18-19-16(2,3)17(4,5)20-18/h6-9,11-12H,10H2,1-5H3. The Morgan fingerprint density at radius 2 is 1.65 bits per heavy atom. The van der Waals surface area contributed by atoms with E-state index in [4.69, 9.17) is 9.31 Å². The number of allylic oxidation sites excluding steroid dienone is 1. The molecule has 0 spiro atoms. The smallest absolute Gasteiger partial charge is 0.399 e. The van der Waals surface area contributed by atoms with Crippen LogP contribution in [-0.4, -0.2) is 18.3 Å². The number of hydrogen-bond donors (Lipinski definition) is 0. The van der Waals surface area contributed by atoms with Gasteiger partial charge >= 0.3 is 7.12 Å². The van der Waals surface area contributed by atoms with Crippen LogP contribution in [0, 0.1) is 0 Å². The van der Waals surface area contributed by atoms with Gasteiger partial charge in [0.2, 0.25) is 0 Å². The largest absolute Gasteiger partial charge is 0.495 e. The lowest BCUT2D eigenvalue weighted by molar-refractivity contribution is 0.00578. The molecule has 1 unspecified atom stereocenters. The number of hydrogen-bond acceptors (Lipinski definition) is 2. The van der Waals surface area contributed by atoms with Crippen LogP contribution in [-0.2, 0) is 9.31 Å². The number of fused-ring (bicyclic) bond motifs is 1. The maximum Gasteiger partial charge on any atom is 0.495 e. The molecule has 2 nitrogen and oxygen atoms in total. The van der Waals surface area contributed by atoms with Crippen LogP contribution in [0.2, 0.25) is 0 Å². The fourth-order valence-electron chi connectivity index (χ4n) is 2.92. The first-order valence-corrected chi connectivity index (χ1v) is 7.47. The Hall–Kier alpha value is -1.06. The Labute approximate surface area is 122 Å². The van der Waals surface area contributed by atoms with Crippen molar-refractivity contribution in [1.82, 2.24) is 0 Å². The molecule has 106 valence electrons. The van der Waals surface area contributed by atoms with Crippen molar-refractivity contribution in [2.45, 2.75) is 58.2 Å². The van der Waals surface area contributed by atoms with Crippen molar-refractivity contribution in [1.29, 1.82) is 0 Å². The maximum absolute atomic E-state index is 6.21. The molecule has 1 aliphatic heterocycles. The molecule has 0 amide bonds. The first-order valence-electron chi connectivity index (χ1n) is 7.47. The lowest BCUT2D eigenvalue weighted by Crippen LogP contribution is -2.41. The first-order chi connectivity index (χ1) is 9.32. The SMILES string of the molecule is CC1CC=C(B2OC(C)(C)C(C)(C)O2)c2ccccc21. The summed E-state index contributed by atoms with van der Waals surface area (Å²) in [6.45, 7) is 10.7. The third-order valence-electron chi connectivity index (χ3n) is 5.00. The summed E-state index contributed by atoms with van der Waals surface area (Å²) in [5.74, 6) is 0.567. The van der Waals surface area contributed by atoms with Gasteiger partial charge in [-0.15, -0.1) is 0 Å². The van der Waals surface area contributed by atoms with E-state index in [1.807, 2.05) is 0 Å². The van der Waals surface area contributed by atoms with Crippen molar-refractivity contribution in [3.8, 4) is 0 Å². The molecule has 2 aliphatic rings. The summed E-state index contributed by atoms with van der Waals surface area (Å²) in [4.78, 5) is 0. The summed E-state index contributed by atoms with van der Waals surface area (Å²) in [6, 6.07) is 8.61. The molecule has 0 saturated carbocycles. The molecule has 1 atom stereocenters. The van der Waals surface area contributed by atoms with E-state index in [-0.39, 0.29) is 18.3 Å². The highest BCUT2D eigenvalue weighted by molar-refractivity contribution is 6.69. The van der Waals surface area contributed by atoms with Crippen LogP contribution in [0.25, 0.3) is 5.47 Å². The van der Waals surface area contributed by atoms with Crippen molar-refractivity contribution in [2.75, 3.05) is 0 Å². The van der Waals surface area contributed by atoms with Gasteiger partial charge in [-0.25, -0.2) is 0 Å². The van der Waals surface area contributed by atoms with Gasteiger partial charge in [-0.3, -0.25) is 0 Å². The maximum atomic E-state index is 6.21. The van der Waals surface area contributed by atoms with Gasteiger partial charge in [0.05, 0.1) is 11.2 Å². The number of rotatable bonds is 1. The normalized spacial score (nSPS) is 27.1. The molecular formula is C17H23BO2. The Kier molecular flexibility index (Phi) is 3.11. The summed E-state index contributed by atoms with van der Waals surface area (Å²) in [5.41, 5.74) is 3.31. The molecule has 1 heterocycles. The van der Waals surface area contributed by atoms with Gasteiger partial charge < -0.3 is 9.31 Å². The summed E-state index contributed by atoms with van der Waals surface area (Å²) in [5, 5.41) is 0. The quantitative estimate of drug-likeness (QED) is 0.712. The fraction of sp³-hybridized carbons (Fsp3) is 0.529. The Morgan fingerprint density at radius 1 is 1.05 bits per heavy atom. The van der Waals surface area contributed by atoms with Crippen molar-refractivity contribution in [3.63, 3.8) is 0 Å². The predicted molar refractivity (Wildman–Crippen MR) is 83.5 cm³/mol. The topological polar surface area (TPSA) is 18.5 Å². The second-order valence-corrected chi connectivity index (χ2v) is 6.97. The van der Waals surface area contributed by atoms with Crippen LogP contribution in [0.5, 0.6) is 0 Å². The highest BCUT2D eigenvalue weighted by atomic mass is 16.7. The van der Waals surface area contributed by atoms with E-state index >= 15 is 0 Å². The zero-order chi connectivity index (χ0) is 14.5. The van der Waals surface area contributed by atoms with Crippen molar-refractivity contribution in [3.05, 3.63) is 41.5 Å². The fourth-order valence-corrected chi connectivity index (χ4v) is 2.92. The average Bonchev–Trinajstić information content (AvgIpc) is 2.59. The first kappa shape index (κ1) is 13.9. The Balaban J connectivity index is 1.97. The lowest BCUT2D eigenvalue weighted by atomic mass is 9.68. The molecule has 0 bridgehead atoms. The average molecular weight is 270 g/mol. The molecule has 20 heavy (non-hydrogen) atoms. The predicted octanol–water partition coefficient (Wildman–Crippen LogP) is 4.21. The van der Waals surface area contributed by atoms with E-state index in [1.54, 1.807) is 0 Å². The van der Waals surface area contributed by atoms with Crippen molar-refractivity contribution >= 4 is 12.6 Å². The summed E-state index contributed by atoms with van der Waals surface area (Å²) < 4.78 is 12.4. The zero-order valence-corrected chi connectivity index (χ0v) is 13.1. The molecule has 1 aromatic rings. The van der Waals surface area contributed by atoms with E-state index in [1.165, 1.54) is 16.6 Å². The zero-order valence-electron chi connectivity index (χ0n) is 13.1. The van der Waals surface area contributed by atoms with Gasteiger partial charge in [-0.1, -0.05) is 37.3 Å². The third-order valence-corrected chi connectivity index (χ3v) is 5.00. The third kappa shape index (κ3) is 2.04. The molecule has 0 radical (unpaired) electrons. The van der Waals surface area contributed by atoms with Gasteiger partial charge in [-0.2, -0.15) is 0 Å². The minimum Gasteiger partial charge on any atom is -0.399 e. The van der Waals surface area contributed by atoms with Crippen LogP contribution in [0.1, 0.15) is 58.1 Å². The van der Waals surface area contributed by atoms with E-state index < -0.39 is 0 Å².